The zero-order valence-corrected chi connectivity index (χ0v) is 16.5. The average molecular weight is 389 g/mol. The van der Waals surface area contributed by atoms with Crippen LogP contribution in [0, 0.1) is 11.3 Å². The molecular formula is C24H23NO4. The van der Waals surface area contributed by atoms with Crippen LogP contribution in [0.4, 0.5) is 5.69 Å². The highest BCUT2D eigenvalue weighted by atomic mass is 16.5. The number of amides is 2. The molecule has 1 N–H and O–H groups in total. The van der Waals surface area contributed by atoms with Crippen LogP contribution in [-0.2, 0) is 9.59 Å². The molecule has 3 atom stereocenters. The molecule has 2 aromatic rings. The Labute approximate surface area is 169 Å². The summed E-state index contributed by atoms with van der Waals surface area (Å²) in [6.07, 6.45) is 4.08. The van der Waals surface area contributed by atoms with Gasteiger partial charge in [0.05, 0.1) is 24.1 Å². The van der Waals surface area contributed by atoms with E-state index in [2.05, 4.69) is 6.58 Å². The third kappa shape index (κ3) is 2.61. The van der Waals surface area contributed by atoms with E-state index < -0.39 is 17.3 Å². The predicted molar refractivity (Wildman–Crippen MR) is 111 cm³/mol. The monoisotopic (exact) mass is 389 g/mol. The quantitative estimate of drug-likeness (QED) is 0.796. The molecule has 0 saturated carbocycles. The molecule has 1 saturated heterocycles. The largest absolute Gasteiger partial charge is 0.508 e. The lowest BCUT2D eigenvalue weighted by molar-refractivity contribution is -0.127. The highest BCUT2D eigenvalue weighted by Crippen LogP contribution is 2.59. The van der Waals surface area contributed by atoms with Gasteiger partial charge < -0.3 is 9.84 Å². The van der Waals surface area contributed by atoms with Crippen LogP contribution in [-0.4, -0.2) is 24.0 Å². The molecule has 4 rings (SSSR count). The van der Waals surface area contributed by atoms with E-state index in [0.29, 0.717) is 23.4 Å². The number of benzene rings is 2. The van der Waals surface area contributed by atoms with E-state index in [1.54, 1.807) is 48.5 Å². The van der Waals surface area contributed by atoms with Crippen molar-refractivity contribution in [1.82, 2.24) is 0 Å². The van der Waals surface area contributed by atoms with Crippen molar-refractivity contribution >= 4 is 17.5 Å². The fourth-order valence-corrected chi connectivity index (χ4v) is 4.78. The summed E-state index contributed by atoms with van der Waals surface area (Å²) in [6, 6.07) is 14.0. The van der Waals surface area contributed by atoms with Crippen molar-refractivity contribution in [2.45, 2.75) is 19.3 Å². The molecule has 0 aromatic heterocycles. The van der Waals surface area contributed by atoms with Gasteiger partial charge >= 0.3 is 0 Å². The van der Waals surface area contributed by atoms with Crippen molar-refractivity contribution in [3.63, 3.8) is 0 Å². The number of anilines is 1. The maximum atomic E-state index is 13.7. The van der Waals surface area contributed by atoms with Crippen molar-refractivity contribution in [2.24, 2.45) is 11.3 Å². The summed E-state index contributed by atoms with van der Waals surface area (Å²) in [5.41, 5.74) is 0.794. The van der Waals surface area contributed by atoms with Crippen molar-refractivity contribution in [3.05, 3.63) is 78.4 Å². The van der Waals surface area contributed by atoms with Gasteiger partial charge in [-0.1, -0.05) is 43.0 Å². The molecule has 2 aliphatic rings. The summed E-state index contributed by atoms with van der Waals surface area (Å²) in [4.78, 5) is 28.4. The van der Waals surface area contributed by atoms with Gasteiger partial charge in [-0.25, -0.2) is 4.90 Å². The second kappa shape index (κ2) is 6.92. The zero-order chi connectivity index (χ0) is 20.8. The minimum absolute atomic E-state index is 0.0300. The molecule has 2 amide bonds. The molecule has 5 nitrogen and oxygen atoms in total. The van der Waals surface area contributed by atoms with Crippen LogP contribution in [0.2, 0.25) is 0 Å². The lowest BCUT2D eigenvalue weighted by Gasteiger charge is -2.40. The van der Waals surface area contributed by atoms with Crippen LogP contribution in [0.15, 0.2) is 72.8 Å². The Hall–Kier alpha value is -3.34. The van der Waals surface area contributed by atoms with Crippen LogP contribution in [0.25, 0.3) is 0 Å². The normalized spacial score (nSPS) is 26.1. The third-order valence-corrected chi connectivity index (χ3v) is 6.23. The van der Waals surface area contributed by atoms with E-state index in [4.69, 9.17) is 4.74 Å². The van der Waals surface area contributed by atoms with Crippen LogP contribution in [0.5, 0.6) is 11.5 Å². The van der Waals surface area contributed by atoms with Gasteiger partial charge in [0.2, 0.25) is 11.8 Å². The summed E-state index contributed by atoms with van der Waals surface area (Å²) in [5.74, 6) is -1.08. The number of phenolic OH excluding ortho intramolecular Hbond substituents is 1. The van der Waals surface area contributed by atoms with Gasteiger partial charge in [0.25, 0.3) is 0 Å². The minimum Gasteiger partial charge on any atom is -0.508 e. The van der Waals surface area contributed by atoms with E-state index in [9.17, 15) is 14.7 Å². The molecule has 1 heterocycles. The van der Waals surface area contributed by atoms with Gasteiger partial charge in [-0.2, -0.15) is 0 Å². The van der Waals surface area contributed by atoms with Crippen LogP contribution < -0.4 is 9.64 Å². The maximum Gasteiger partial charge on any atom is 0.241 e. The number of ether oxygens (including phenoxy) is 1. The van der Waals surface area contributed by atoms with Gasteiger partial charge in [-0.05, 0) is 43.2 Å². The molecule has 0 unspecified atom stereocenters. The Morgan fingerprint density at radius 2 is 1.90 bits per heavy atom. The Morgan fingerprint density at radius 3 is 2.55 bits per heavy atom. The number of rotatable bonds is 4. The zero-order valence-electron chi connectivity index (χ0n) is 16.5. The smallest absolute Gasteiger partial charge is 0.241 e. The Kier molecular flexibility index (Phi) is 4.53. The molecule has 1 aliphatic carbocycles. The summed E-state index contributed by atoms with van der Waals surface area (Å²) in [7, 11) is 1.52. The third-order valence-electron chi connectivity index (χ3n) is 6.23. The number of phenols is 1. The van der Waals surface area contributed by atoms with Gasteiger partial charge in [-0.15, -0.1) is 0 Å². The Morgan fingerprint density at radius 1 is 1.17 bits per heavy atom. The molecular weight excluding hydrogens is 366 g/mol. The number of carbonyl (C=O) groups is 2. The van der Waals surface area contributed by atoms with E-state index in [1.165, 1.54) is 12.0 Å². The predicted octanol–water partition coefficient (Wildman–Crippen LogP) is 4.20. The molecule has 1 aliphatic heterocycles. The number of fused-ring (bicyclic) bond motifs is 1. The lowest BCUT2D eigenvalue weighted by atomic mass is 9.59. The SMILES string of the molecule is C=CC1=CC[C@H]2C(=O)N(c3ccccc3)C(=O)[C@@]2(C)[C@H]1c1c(O)cccc1OC. The molecule has 2 aromatic carbocycles. The number of methoxy groups -OCH3 is 1. The fourth-order valence-electron chi connectivity index (χ4n) is 4.78. The number of imide groups is 1. The summed E-state index contributed by atoms with van der Waals surface area (Å²) in [5, 5.41) is 10.7. The van der Waals surface area contributed by atoms with Gasteiger partial charge in [0.15, 0.2) is 0 Å². The van der Waals surface area contributed by atoms with Crippen molar-refractivity contribution in [1.29, 1.82) is 0 Å². The van der Waals surface area contributed by atoms with Crippen LogP contribution in [0.3, 0.4) is 0 Å². The summed E-state index contributed by atoms with van der Waals surface area (Å²) in [6.45, 7) is 5.72. The van der Waals surface area contributed by atoms with E-state index in [-0.39, 0.29) is 17.6 Å². The highest BCUT2D eigenvalue weighted by Gasteiger charge is 2.62. The van der Waals surface area contributed by atoms with Crippen molar-refractivity contribution in [2.75, 3.05) is 12.0 Å². The second-order valence-corrected chi connectivity index (χ2v) is 7.62. The molecule has 5 heteroatoms. The maximum absolute atomic E-state index is 13.7. The summed E-state index contributed by atoms with van der Waals surface area (Å²) >= 11 is 0. The number of hydrogen-bond acceptors (Lipinski definition) is 4. The average Bonchev–Trinajstić information content (AvgIpc) is 2.93. The summed E-state index contributed by atoms with van der Waals surface area (Å²) < 4.78 is 5.51. The minimum atomic E-state index is -1.07. The van der Waals surface area contributed by atoms with Gasteiger partial charge in [0.1, 0.15) is 11.5 Å². The fraction of sp³-hybridized carbons (Fsp3) is 0.250. The van der Waals surface area contributed by atoms with Gasteiger partial charge in [-0.3, -0.25) is 9.59 Å². The molecule has 148 valence electrons. The Bertz CT molecular complexity index is 1030. The molecule has 0 bridgehead atoms. The molecule has 1 fully saturated rings. The van der Waals surface area contributed by atoms with Crippen molar-refractivity contribution in [3.8, 4) is 11.5 Å². The van der Waals surface area contributed by atoms with Crippen molar-refractivity contribution < 1.29 is 19.4 Å². The van der Waals surface area contributed by atoms with Crippen LogP contribution >= 0.6 is 0 Å². The van der Waals surface area contributed by atoms with Gasteiger partial charge in [0, 0.05) is 11.5 Å². The highest BCUT2D eigenvalue weighted by molar-refractivity contribution is 6.24. The number of allylic oxidation sites excluding steroid dienone is 3. The van der Waals surface area contributed by atoms with E-state index in [0.717, 1.165) is 5.57 Å². The first-order valence-electron chi connectivity index (χ1n) is 9.57. The number of carbonyl (C=O) groups excluding carboxylic acids is 2. The lowest BCUT2D eigenvalue weighted by Crippen LogP contribution is -2.41. The van der Waals surface area contributed by atoms with E-state index in [1.807, 2.05) is 19.1 Å². The number of para-hydroxylation sites is 1. The standard InChI is InChI=1S/C24H23NO4/c1-4-15-13-14-17-22(27)25(16-9-6-5-7-10-16)23(28)24(17,2)21(15)20-18(26)11-8-12-19(20)29-3/h4-13,17,21,26H,1,14H2,2-3H3/t17-,21+,24+/m0/s1. The number of hydrogen-bond donors (Lipinski definition) is 1. The molecule has 0 radical (unpaired) electrons. The molecule has 29 heavy (non-hydrogen) atoms. The first-order chi connectivity index (χ1) is 13.9. The Balaban J connectivity index is 1.93. The molecule has 0 spiro atoms. The topological polar surface area (TPSA) is 66.8 Å². The van der Waals surface area contributed by atoms with E-state index >= 15 is 0 Å². The first kappa shape index (κ1) is 19.0. The number of aromatic hydroxyl groups is 1. The van der Waals surface area contributed by atoms with Crippen LogP contribution in [0.1, 0.15) is 24.8 Å². The number of nitrogens with zero attached hydrogens (tertiary/aromatic N) is 1. The first-order valence-corrected chi connectivity index (χ1v) is 9.57. The second-order valence-electron chi connectivity index (χ2n) is 7.62.